The molecule has 1 atom stereocenters. The Morgan fingerprint density at radius 1 is 1.14 bits per heavy atom. The second kappa shape index (κ2) is 10.3. The first-order valence-corrected chi connectivity index (χ1v) is 8.08. The number of unbranched alkanes of at least 4 members (excludes halogenated alkanes) is 3. The Morgan fingerprint density at radius 3 is 2.48 bits per heavy atom. The minimum absolute atomic E-state index is 0.0219. The molecule has 1 aromatic rings. The van der Waals surface area contributed by atoms with E-state index in [-0.39, 0.29) is 11.9 Å². The zero-order valence-electron chi connectivity index (χ0n) is 13.3. The highest BCUT2D eigenvalue weighted by Crippen LogP contribution is 2.15. The summed E-state index contributed by atoms with van der Waals surface area (Å²) >= 11 is 0. The van der Waals surface area contributed by atoms with Crippen LogP contribution in [0.3, 0.4) is 0 Å². The minimum atomic E-state index is -0.0547. The van der Waals surface area contributed by atoms with Gasteiger partial charge in [-0.15, -0.1) is 0 Å². The van der Waals surface area contributed by atoms with Gasteiger partial charge in [0.2, 0.25) is 0 Å². The van der Waals surface area contributed by atoms with E-state index in [1.165, 1.54) is 12.0 Å². The maximum absolute atomic E-state index is 11.6. The van der Waals surface area contributed by atoms with Gasteiger partial charge in [0.15, 0.2) is 0 Å². The fourth-order valence-corrected chi connectivity index (χ4v) is 2.26. The minimum Gasteiger partial charge on any atom is -0.508 e. The molecule has 0 saturated carbocycles. The molecule has 0 spiro atoms. The number of carbonyl (C=O) groups is 1. The molecule has 0 aliphatic heterocycles. The molecule has 0 aliphatic rings. The molecular formula is C18H28O3. The summed E-state index contributed by atoms with van der Waals surface area (Å²) in [6.07, 6.45) is 7.42. The molecule has 0 radical (unpaired) electrons. The zero-order valence-corrected chi connectivity index (χ0v) is 13.3. The first-order chi connectivity index (χ1) is 10.1. The number of hydrogen-bond donors (Lipinski definition) is 1. The molecule has 0 heterocycles. The standard InChI is InChI=1S/C18H28O3/c1-3-14-21-18(20)15(2)8-6-4-5-7-9-16-10-12-17(19)13-11-16/h10-13,15,19H,3-9,14H2,1-2H3. The Hall–Kier alpha value is -1.51. The highest BCUT2D eigenvalue weighted by atomic mass is 16.5. The van der Waals surface area contributed by atoms with Crippen LogP contribution in [0.1, 0.15) is 57.9 Å². The summed E-state index contributed by atoms with van der Waals surface area (Å²) in [5.74, 6) is 0.289. The summed E-state index contributed by atoms with van der Waals surface area (Å²) in [4.78, 5) is 11.6. The molecule has 3 heteroatoms. The van der Waals surface area contributed by atoms with Gasteiger partial charge in [0, 0.05) is 0 Å². The fraction of sp³-hybridized carbons (Fsp3) is 0.611. The molecule has 3 nitrogen and oxygen atoms in total. The van der Waals surface area contributed by atoms with Crippen molar-refractivity contribution >= 4 is 5.97 Å². The molecule has 1 N–H and O–H groups in total. The third-order valence-electron chi connectivity index (χ3n) is 3.64. The monoisotopic (exact) mass is 292 g/mol. The molecule has 21 heavy (non-hydrogen) atoms. The molecular weight excluding hydrogens is 264 g/mol. The van der Waals surface area contributed by atoms with E-state index in [2.05, 4.69) is 0 Å². The van der Waals surface area contributed by atoms with Gasteiger partial charge in [-0.25, -0.2) is 0 Å². The average Bonchev–Trinajstić information content (AvgIpc) is 2.49. The number of rotatable bonds is 10. The van der Waals surface area contributed by atoms with Crippen LogP contribution in [-0.4, -0.2) is 17.7 Å². The van der Waals surface area contributed by atoms with E-state index in [4.69, 9.17) is 4.74 Å². The van der Waals surface area contributed by atoms with Crippen LogP contribution in [0.4, 0.5) is 0 Å². The van der Waals surface area contributed by atoms with Crippen LogP contribution >= 0.6 is 0 Å². The maximum atomic E-state index is 11.6. The van der Waals surface area contributed by atoms with Gasteiger partial charge in [-0.1, -0.05) is 45.2 Å². The van der Waals surface area contributed by atoms with Crippen LogP contribution in [-0.2, 0) is 16.0 Å². The lowest BCUT2D eigenvalue weighted by Gasteiger charge is -2.10. The Morgan fingerprint density at radius 2 is 1.81 bits per heavy atom. The van der Waals surface area contributed by atoms with Gasteiger partial charge in [0.05, 0.1) is 12.5 Å². The summed E-state index contributed by atoms with van der Waals surface area (Å²) < 4.78 is 5.14. The number of aryl methyl sites for hydroxylation is 1. The lowest BCUT2D eigenvalue weighted by atomic mass is 10.0. The zero-order chi connectivity index (χ0) is 15.5. The molecule has 0 fully saturated rings. The summed E-state index contributed by atoms with van der Waals surface area (Å²) in [5, 5.41) is 9.21. The number of phenolic OH excluding ortho intramolecular Hbond substituents is 1. The molecule has 0 aliphatic carbocycles. The fourth-order valence-electron chi connectivity index (χ4n) is 2.26. The lowest BCUT2D eigenvalue weighted by molar-refractivity contribution is -0.148. The third kappa shape index (κ3) is 7.74. The van der Waals surface area contributed by atoms with Crippen molar-refractivity contribution in [3.63, 3.8) is 0 Å². The van der Waals surface area contributed by atoms with Crippen LogP contribution in [0.2, 0.25) is 0 Å². The molecule has 1 rings (SSSR count). The van der Waals surface area contributed by atoms with Gasteiger partial charge in [-0.2, -0.15) is 0 Å². The van der Waals surface area contributed by atoms with E-state index < -0.39 is 0 Å². The lowest BCUT2D eigenvalue weighted by Crippen LogP contribution is -2.15. The first-order valence-electron chi connectivity index (χ1n) is 8.08. The van der Waals surface area contributed by atoms with Gasteiger partial charge in [0.1, 0.15) is 5.75 Å². The Balaban J connectivity index is 2.04. The Kier molecular flexibility index (Phi) is 8.56. The predicted molar refractivity (Wildman–Crippen MR) is 85.3 cm³/mol. The highest BCUT2D eigenvalue weighted by Gasteiger charge is 2.13. The SMILES string of the molecule is CCCOC(=O)C(C)CCCCCCc1ccc(O)cc1. The predicted octanol–water partition coefficient (Wildman–Crippen LogP) is 4.47. The van der Waals surface area contributed by atoms with Crippen LogP contribution in [0.15, 0.2) is 24.3 Å². The second-order valence-electron chi connectivity index (χ2n) is 5.69. The number of benzene rings is 1. The molecule has 1 unspecified atom stereocenters. The number of phenols is 1. The second-order valence-corrected chi connectivity index (χ2v) is 5.69. The van der Waals surface area contributed by atoms with Gasteiger partial charge >= 0.3 is 5.97 Å². The maximum Gasteiger partial charge on any atom is 0.308 e. The molecule has 118 valence electrons. The van der Waals surface area contributed by atoms with Gasteiger partial charge < -0.3 is 9.84 Å². The van der Waals surface area contributed by atoms with Crippen molar-refractivity contribution in [2.75, 3.05) is 6.61 Å². The molecule has 0 saturated heterocycles. The molecule has 0 amide bonds. The summed E-state index contributed by atoms with van der Waals surface area (Å²) in [6.45, 7) is 4.50. The number of ether oxygens (including phenoxy) is 1. The van der Waals surface area contributed by atoms with Crippen molar-refractivity contribution in [1.82, 2.24) is 0 Å². The van der Waals surface area contributed by atoms with Crippen LogP contribution in [0.25, 0.3) is 0 Å². The van der Waals surface area contributed by atoms with E-state index in [0.29, 0.717) is 12.4 Å². The summed E-state index contributed by atoms with van der Waals surface area (Å²) in [7, 11) is 0. The normalized spacial score (nSPS) is 12.1. The van der Waals surface area contributed by atoms with E-state index in [0.717, 1.165) is 38.5 Å². The van der Waals surface area contributed by atoms with Crippen molar-refractivity contribution in [2.24, 2.45) is 5.92 Å². The van der Waals surface area contributed by atoms with E-state index in [1.807, 2.05) is 26.0 Å². The van der Waals surface area contributed by atoms with Crippen LogP contribution in [0.5, 0.6) is 5.75 Å². The molecule has 1 aromatic carbocycles. The van der Waals surface area contributed by atoms with E-state index >= 15 is 0 Å². The third-order valence-corrected chi connectivity index (χ3v) is 3.64. The van der Waals surface area contributed by atoms with Crippen molar-refractivity contribution in [2.45, 2.75) is 58.8 Å². The van der Waals surface area contributed by atoms with Gasteiger partial charge in [0.25, 0.3) is 0 Å². The topological polar surface area (TPSA) is 46.5 Å². The number of esters is 1. The quantitative estimate of drug-likeness (QED) is 0.511. The first kappa shape index (κ1) is 17.5. The van der Waals surface area contributed by atoms with Crippen molar-refractivity contribution < 1.29 is 14.6 Å². The number of carbonyl (C=O) groups excluding carboxylic acids is 1. The molecule has 0 bridgehead atoms. The highest BCUT2D eigenvalue weighted by molar-refractivity contribution is 5.71. The number of aromatic hydroxyl groups is 1. The molecule has 0 aromatic heterocycles. The van der Waals surface area contributed by atoms with Gasteiger partial charge in [-0.3, -0.25) is 4.79 Å². The van der Waals surface area contributed by atoms with E-state index in [1.54, 1.807) is 12.1 Å². The number of hydrogen-bond acceptors (Lipinski definition) is 3. The van der Waals surface area contributed by atoms with E-state index in [9.17, 15) is 9.90 Å². The average molecular weight is 292 g/mol. The smallest absolute Gasteiger partial charge is 0.308 e. The summed E-state index contributed by atoms with van der Waals surface area (Å²) in [5.41, 5.74) is 1.27. The Bertz CT molecular complexity index is 397. The van der Waals surface area contributed by atoms with Crippen molar-refractivity contribution in [3.8, 4) is 5.75 Å². The Labute approximate surface area is 128 Å². The summed E-state index contributed by atoms with van der Waals surface area (Å²) in [6, 6.07) is 7.42. The largest absolute Gasteiger partial charge is 0.508 e. The van der Waals surface area contributed by atoms with Gasteiger partial charge in [-0.05, 0) is 43.4 Å². The van der Waals surface area contributed by atoms with Crippen LogP contribution in [0, 0.1) is 5.92 Å². The van der Waals surface area contributed by atoms with Crippen molar-refractivity contribution in [3.05, 3.63) is 29.8 Å². The van der Waals surface area contributed by atoms with Crippen molar-refractivity contribution in [1.29, 1.82) is 0 Å². The van der Waals surface area contributed by atoms with Crippen LogP contribution < -0.4 is 0 Å².